The van der Waals surface area contributed by atoms with Crippen molar-refractivity contribution in [3.63, 3.8) is 0 Å². The van der Waals surface area contributed by atoms with Gasteiger partial charge in [0.15, 0.2) is 5.13 Å². The number of rotatable bonds is 4. The van der Waals surface area contributed by atoms with Gasteiger partial charge in [-0.2, -0.15) is 0 Å². The molecule has 8 nitrogen and oxygen atoms in total. The Morgan fingerprint density at radius 3 is 2.74 bits per heavy atom. The van der Waals surface area contributed by atoms with E-state index in [0.717, 1.165) is 49.1 Å². The maximum absolute atomic E-state index is 13.0. The van der Waals surface area contributed by atoms with E-state index in [-0.39, 0.29) is 5.91 Å². The van der Waals surface area contributed by atoms with Crippen LogP contribution in [0.25, 0.3) is 0 Å². The molecule has 1 fully saturated rings. The maximum Gasteiger partial charge on any atom is 0.275 e. The van der Waals surface area contributed by atoms with Crippen LogP contribution in [0.15, 0.2) is 60.5 Å². The zero-order valence-corrected chi connectivity index (χ0v) is 18.0. The van der Waals surface area contributed by atoms with E-state index in [9.17, 15) is 4.79 Å². The second-order valence-electron chi connectivity index (χ2n) is 7.40. The fraction of sp³-hybridized carbons (Fsp3) is 0.227. The number of nitrogens with one attached hydrogen (secondary N) is 2. The number of piperazine rings is 1. The normalized spacial score (nSPS) is 15.9. The standard InChI is InChI=1S/C22H23N7OS/c1-15-27(2)19-5-3-4-6-20(19)29(15)22-26-17(14-31-22)21(30)25-16-13-24-8-7-18(16)28-11-9-23-10-12-28/h3-8,13-14,23H,1,9-12H2,2H3,(H,25,30). The van der Waals surface area contributed by atoms with E-state index >= 15 is 0 Å². The lowest BCUT2D eigenvalue weighted by Gasteiger charge is -2.30. The van der Waals surface area contributed by atoms with E-state index in [1.807, 2.05) is 47.2 Å². The molecule has 0 bridgehead atoms. The summed E-state index contributed by atoms with van der Waals surface area (Å²) in [6.07, 6.45) is 3.44. The Morgan fingerprint density at radius 2 is 1.94 bits per heavy atom. The van der Waals surface area contributed by atoms with Crippen molar-refractivity contribution in [3.8, 4) is 0 Å². The number of hydrogen-bond acceptors (Lipinski definition) is 8. The minimum absolute atomic E-state index is 0.252. The van der Waals surface area contributed by atoms with Gasteiger partial charge in [-0.1, -0.05) is 18.7 Å². The van der Waals surface area contributed by atoms with Gasteiger partial charge in [-0.05, 0) is 18.2 Å². The molecule has 2 aromatic heterocycles. The molecule has 1 amide bonds. The van der Waals surface area contributed by atoms with Gasteiger partial charge >= 0.3 is 0 Å². The number of aromatic nitrogens is 2. The van der Waals surface area contributed by atoms with Crippen LogP contribution in [0.1, 0.15) is 10.5 Å². The third kappa shape index (κ3) is 3.51. The fourth-order valence-corrected chi connectivity index (χ4v) is 4.74. The van der Waals surface area contributed by atoms with Crippen molar-refractivity contribution in [1.82, 2.24) is 15.3 Å². The molecule has 3 aromatic rings. The van der Waals surface area contributed by atoms with Crippen molar-refractivity contribution in [2.75, 3.05) is 53.2 Å². The summed E-state index contributed by atoms with van der Waals surface area (Å²) in [6, 6.07) is 9.99. The van der Waals surface area contributed by atoms with Crippen LogP contribution in [0.5, 0.6) is 0 Å². The van der Waals surface area contributed by atoms with Crippen molar-refractivity contribution in [2.24, 2.45) is 0 Å². The lowest BCUT2D eigenvalue weighted by molar-refractivity contribution is 0.102. The Labute approximate surface area is 184 Å². The molecule has 2 aliphatic heterocycles. The van der Waals surface area contributed by atoms with Gasteiger partial charge in [-0.15, -0.1) is 11.3 Å². The van der Waals surface area contributed by atoms with E-state index in [2.05, 4.69) is 32.1 Å². The monoisotopic (exact) mass is 433 g/mol. The molecule has 1 aromatic carbocycles. The molecule has 5 rings (SSSR count). The van der Waals surface area contributed by atoms with Crippen molar-refractivity contribution >= 4 is 45.1 Å². The molecule has 0 spiro atoms. The summed E-state index contributed by atoms with van der Waals surface area (Å²) in [5.41, 5.74) is 4.10. The van der Waals surface area contributed by atoms with E-state index in [4.69, 9.17) is 0 Å². The Hall–Kier alpha value is -3.43. The fourth-order valence-electron chi connectivity index (χ4n) is 3.90. The third-order valence-corrected chi connectivity index (χ3v) is 6.37. The van der Waals surface area contributed by atoms with Crippen molar-refractivity contribution in [1.29, 1.82) is 0 Å². The highest BCUT2D eigenvalue weighted by Gasteiger charge is 2.30. The number of amides is 1. The maximum atomic E-state index is 13.0. The largest absolute Gasteiger partial charge is 0.367 e. The van der Waals surface area contributed by atoms with Crippen LogP contribution in [-0.4, -0.2) is 49.1 Å². The Balaban J connectivity index is 1.38. The highest BCUT2D eigenvalue weighted by Crippen LogP contribution is 2.45. The van der Waals surface area contributed by atoms with Crippen LogP contribution in [0.3, 0.4) is 0 Å². The number of pyridine rings is 1. The second-order valence-corrected chi connectivity index (χ2v) is 8.24. The molecular weight excluding hydrogens is 410 g/mol. The quantitative estimate of drug-likeness (QED) is 0.654. The summed E-state index contributed by atoms with van der Waals surface area (Å²) in [7, 11) is 1.97. The molecule has 1 saturated heterocycles. The van der Waals surface area contributed by atoms with Gasteiger partial charge in [-0.25, -0.2) is 4.98 Å². The summed E-state index contributed by atoms with van der Waals surface area (Å²) in [5.74, 6) is 0.550. The molecule has 0 aliphatic carbocycles. The summed E-state index contributed by atoms with van der Waals surface area (Å²) < 4.78 is 0. The highest BCUT2D eigenvalue weighted by molar-refractivity contribution is 7.14. The van der Waals surface area contributed by atoms with Gasteiger partial charge in [0.25, 0.3) is 5.91 Å². The van der Waals surface area contributed by atoms with Crippen molar-refractivity contribution in [2.45, 2.75) is 0 Å². The number of hydrogen-bond donors (Lipinski definition) is 2. The van der Waals surface area contributed by atoms with Gasteiger partial charge in [0.05, 0.1) is 28.9 Å². The Bertz CT molecular complexity index is 1140. The van der Waals surface area contributed by atoms with Gasteiger partial charge in [0, 0.05) is 44.8 Å². The smallest absolute Gasteiger partial charge is 0.275 e. The lowest BCUT2D eigenvalue weighted by Crippen LogP contribution is -2.43. The number of anilines is 5. The first-order valence-electron chi connectivity index (χ1n) is 10.1. The molecule has 4 heterocycles. The molecule has 0 atom stereocenters. The molecule has 2 aliphatic rings. The molecule has 2 N–H and O–H groups in total. The number of benzene rings is 1. The number of para-hydroxylation sites is 2. The SMILES string of the molecule is C=C1N(C)c2ccccc2N1c1nc(C(=O)Nc2cnccc2N2CCNCC2)cs1. The van der Waals surface area contributed by atoms with Crippen LogP contribution in [0.2, 0.25) is 0 Å². The van der Waals surface area contributed by atoms with E-state index in [1.165, 1.54) is 11.3 Å². The van der Waals surface area contributed by atoms with E-state index in [1.54, 1.807) is 17.8 Å². The number of nitrogens with zero attached hydrogens (tertiary/aromatic N) is 5. The molecule has 0 saturated carbocycles. The van der Waals surface area contributed by atoms with Gasteiger partial charge in [0.2, 0.25) is 0 Å². The van der Waals surface area contributed by atoms with Crippen LogP contribution < -0.4 is 25.3 Å². The van der Waals surface area contributed by atoms with Gasteiger partial charge < -0.3 is 20.4 Å². The average Bonchev–Trinajstić information content (AvgIpc) is 3.38. The van der Waals surface area contributed by atoms with Crippen LogP contribution >= 0.6 is 11.3 Å². The van der Waals surface area contributed by atoms with Crippen LogP contribution in [-0.2, 0) is 0 Å². The molecular formula is C22H23N7OS. The predicted molar refractivity (Wildman–Crippen MR) is 126 cm³/mol. The first-order valence-corrected chi connectivity index (χ1v) is 11.0. The molecule has 0 radical (unpaired) electrons. The Morgan fingerprint density at radius 1 is 1.16 bits per heavy atom. The summed E-state index contributed by atoms with van der Waals surface area (Å²) in [4.78, 5) is 28.1. The summed E-state index contributed by atoms with van der Waals surface area (Å²) >= 11 is 1.42. The molecule has 9 heteroatoms. The van der Waals surface area contributed by atoms with E-state index in [0.29, 0.717) is 16.5 Å². The topological polar surface area (TPSA) is 76.6 Å². The second kappa shape index (κ2) is 8.01. The Kier molecular flexibility index (Phi) is 5.05. The summed E-state index contributed by atoms with van der Waals surface area (Å²) in [5, 5.41) is 8.83. The summed E-state index contributed by atoms with van der Waals surface area (Å²) in [6.45, 7) is 7.80. The number of fused-ring (bicyclic) bond motifs is 1. The molecule has 158 valence electrons. The number of thiazole rings is 1. The highest BCUT2D eigenvalue weighted by atomic mass is 32.1. The third-order valence-electron chi connectivity index (χ3n) is 5.55. The zero-order chi connectivity index (χ0) is 21.4. The molecule has 31 heavy (non-hydrogen) atoms. The van der Waals surface area contributed by atoms with Crippen LogP contribution in [0.4, 0.5) is 27.9 Å². The molecule has 0 unspecified atom stereocenters. The van der Waals surface area contributed by atoms with Crippen LogP contribution in [0, 0.1) is 0 Å². The predicted octanol–water partition coefficient (Wildman–Crippen LogP) is 3.26. The van der Waals surface area contributed by atoms with E-state index < -0.39 is 0 Å². The minimum Gasteiger partial charge on any atom is -0.367 e. The van der Waals surface area contributed by atoms with Gasteiger partial charge in [0.1, 0.15) is 11.5 Å². The zero-order valence-electron chi connectivity index (χ0n) is 17.2. The lowest BCUT2D eigenvalue weighted by atomic mass is 10.2. The minimum atomic E-state index is -0.252. The number of carbonyl (C=O) groups is 1. The number of carbonyl (C=O) groups excluding carboxylic acids is 1. The van der Waals surface area contributed by atoms with Crippen molar-refractivity contribution in [3.05, 3.63) is 66.2 Å². The van der Waals surface area contributed by atoms with Gasteiger partial charge in [-0.3, -0.25) is 14.7 Å². The average molecular weight is 434 g/mol. The van der Waals surface area contributed by atoms with Crippen molar-refractivity contribution < 1.29 is 4.79 Å². The first-order chi connectivity index (χ1) is 15.1. The first kappa shape index (κ1) is 19.5.